The first-order valence-corrected chi connectivity index (χ1v) is 14.6. The largest absolute Gasteiger partial charge is 0.378 e. The highest BCUT2D eigenvalue weighted by Crippen LogP contribution is 2.36. The van der Waals surface area contributed by atoms with Gasteiger partial charge in [-0.15, -0.1) is 0 Å². The molecular weight excluding hydrogens is 514 g/mol. The van der Waals surface area contributed by atoms with Crippen LogP contribution in [0.1, 0.15) is 41.9 Å². The molecule has 10 nitrogen and oxygen atoms in total. The summed E-state index contributed by atoms with van der Waals surface area (Å²) in [4.78, 5) is 19.1. The van der Waals surface area contributed by atoms with Gasteiger partial charge in [-0.2, -0.15) is 0 Å². The highest BCUT2D eigenvalue weighted by Gasteiger charge is 2.25. The number of hydrogen-bond acceptors (Lipinski definition) is 10. The van der Waals surface area contributed by atoms with Gasteiger partial charge in [0.05, 0.1) is 18.8 Å². The molecule has 214 valence electrons. The predicted octanol–water partition coefficient (Wildman–Crippen LogP) is 3.82. The number of allylic oxidation sites excluding steroid dienone is 1. The summed E-state index contributed by atoms with van der Waals surface area (Å²) in [6.07, 6.45) is 12.2. The average molecular weight is 554 g/mol. The smallest absolute Gasteiger partial charge is 0.163 e. The Bertz CT molecular complexity index is 1370. The molecule has 3 aliphatic heterocycles. The van der Waals surface area contributed by atoms with Crippen molar-refractivity contribution in [3.8, 4) is 11.4 Å². The van der Waals surface area contributed by atoms with Gasteiger partial charge < -0.3 is 31.4 Å². The molecule has 0 aliphatic carbocycles. The summed E-state index contributed by atoms with van der Waals surface area (Å²) in [5, 5.41) is 15.4. The molecule has 2 fully saturated rings. The Morgan fingerprint density at radius 3 is 2.73 bits per heavy atom. The molecule has 0 amide bonds. The van der Waals surface area contributed by atoms with Crippen LogP contribution >= 0.6 is 0 Å². The first-order chi connectivity index (χ1) is 20.2. The normalized spacial score (nSPS) is 19.4. The Balaban J connectivity index is 1.28. The molecule has 1 unspecified atom stereocenters. The number of aromatic nitrogens is 3. The van der Waals surface area contributed by atoms with E-state index >= 15 is 0 Å². The highest BCUT2D eigenvalue weighted by atomic mass is 16.5. The molecule has 6 rings (SSSR count). The number of likely N-dealkylation sites (tertiary alicyclic amines) is 1. The van der Waals surface area contributed by atoms with Crippen LogP contribution in [0.25, 0.3) is 11.4 Å². The van der Waals surface area contributed by atoms with Crippen molar-refractivity contribution in [2.45, 2.75) is 37.8 Å². The lowest BCUT2D eigenvalue weighted by atomic mass is 9.90. The standard InChI is InChI=1S/C31H39N9O/c32-9-5-23-6-11-35-28-4-3-24(18-26(23)28)29-37-30(27(19-33)31(38-29)40-14-16-41-17-15-40)36-25-7-12-39(13-8-25)21-22-2-1-10-34-20-22/h1-4,6,10-11,18-20,23,25,33,35H,5,7-9,12-17,21,32H2,(H,36,37,38). The van der Waals surface area contributed by atoms with E-state index in [1.807, 2.05) is 24.7 Å². The van der Waals surface area contributed by atoms with Gasteiger partial charge in [0.25, 0.3) is 0 Å². The second kappa shape index (κ2) is 12.8. The van der Waals surface area contributed by atoms with Gasteiger partial charge in [-0.3, -0.25) is 9.88 Å². The van der Waals surface area contributed by atoms with E-state index < -0.39 is 0 Å². The summed E-state index contributed by atoms with van der Waals surface area (Å²) in [5.41, 5.74) is 11.2. The minimum Gasteiger partial charge on any atom is -0.378 e. The van der Waals surface area contributed by atoms with Crippen LogP contribution in [-0.4, -0.2) is 78.0 Å². The average Bonchev–Trinajstić information content (AvgIpc) is 3.03. The lowest BCUT2D eigenvalue weighted by Crippen LogP contribution is -2.40. The maximum Gasteiger partial charge on any atom is 0.163 e. The van der Waals surface area contributed by atoms with E-state index in [2.05, 4.69) is 55.8 Å². The monoisotopic (exact) mass is 553 g/mol. The van der Waals surface area contributed by atoms with Gasteiger partial charge in [0.1, 0.15) is 11.6 Å². The number of piperidine rings is 1. The lowest BCUT2D eigenvalue weighted by molar-refractivity contribution is 0.122. The number of nitrogens with two attached hydrogens (primary N) is 1. The predicted molar refractivity (Wildman–Crippen MR) is 164 cm³/mol. The van der Waals surface area contributed by atoms with E-state index in [9.17, 15) is 0 Å². The Morgan fingerprint density at radius 1 is 1.12 bits per heavy atom. The number of morpholine rings is 1. The number of ether oxygens (including phenoxy) is 1. The Morgan fingerprint density at radius 2 is 1.98 bits per heavy atom. The van der Waals surface area contributed by atoms with Gasteiger partial charge in [0.15, 0.2) is 5.82 Å². The summed E-state index contributed by atoms with van der Waals surface area (Å²) in [6, 6.07) is 10.8. The molecule has 0 bridgehead atoms. The molecule has 5 N–H and O–H groups in total. The first kappa shape index (κ1) is 27.3. The number of rotatable bonds is 9. The van der Waals surface area contributed by atoms with Crippen molar-refractivity contribution in [1.82, 2.24) is 19.9 Å². The molecule has 10 heteroatoms. The molecular formula is C31H39N9O. The topological polar surface area (TPSA) is 128 Å². The summed E-state index contributed by atoms with van der Waals surface area (Å²) < 4.78 is 5.62. The lowest BCUT2D eigenvalue weighted by Gasteiger charge is -2.34. The summed E-state index contributed by atoms with van der Waals surface area (Å²) in [6.45, 7) is 6.29. The number of fused-ring (bicyclic) bond motifs is 1. The number of benzene rings is 1. The third-order valence-electron chi connectivity index (χ3n) is 8.19. The fourth-order valence-corrected chi connectivity index (χ4v) is 5.95. The minimum atomic E-state index is 0.255. The summed E-state index contributed by atoms with van der Waals surface area (Å²) >= 11 is 0. The van der Waals surface area contributed by atoms with Crippen LogP contribution in [0, 0.1) is 5.41 Å². The fraction of sp³-hybridized carbons (Fsp3) is 0.419. The van der Waals surface area contributed by atoms with Crippen LogP contribution in [0.15, 0.2) is 55.0 Å². The maximum atomic E-state index is 8.35. The highest BCUT2D eigenvalue weighted by molar-refractivity contribution is 5.92. The zero-order chi connectivity index (χ0) is 28.0. The molecule has 2 saturated heterocycles. The van der Waals surface area contributed by atoms with Crippen molar-refractivity contribution in [3.63, 3.8) is 0 Å². The zero-order valence-electron chi connectivity index (χ0n) is 23.4. The number of nitrogens with zero attached hydrogens (tertiary/aromatic N) is 5. The second-order valence-electron chi connectivity index (χ2n) is 10.9. The Kier molecular flexibility index (Phi) is 8.50. The van der Waals surface area contributed by atoms with Crippen LogP contribution in [0.3, 0.4) is 0 Å². The molecule has 2 aromatic heterocycles. The molecule has 41 heavy (non-hydrogen) atoms. The van der Waals surface area contributed by atoms with Gasteiger partial charge in [-0.1, -0.05) is 12.1 Å². The van der Waals surface area contributed by atoms with Crippen molar-refractivity contribution in [3.05, 3.63) is 71.7 Å². The number of hydrogen-bond donors (Lipinski definition) is 4. The van der Waals surface area contributed by atoms with Crippen molar-refractivity contribution >= 4 is 23.5 Å². The van der Waals surface area contributed by atoms with Crippen molar-refractivity contribution < 1.29 is 4.74 Å². The van der Waals surface area contributed by atoms with Gasteiger partial charge in [-0.25, -0.2) is 9.97 Å². The summed E-state index contributed by atoms with van der Waals surface area (Å²) in [7, 11) is 0. The van der Waals surface area contributed by atoms with Crippen molar-refractivity contribution in [2.24, 2.45) is 5.73 Å². The van der Waals surface area contributed by atoms with Crippen LogP contribution in [-0.2, 0) is 11.3 Å². The maximum absolute atomic E-state index is 8.35. The molecule has 0 spiro atoms. The zero-order valence-corrected chi connectivity index (χ0v) is 23.4. The van der Waals surface area contributed by atoms with Crippen molar-refractivity contribution in [2.75, 3.05) is 61.5 Å². The van der Waals surface area contributed by atoms with E-state index in [4.69, 9.17) is 25.8 Å². The number of anilines is 3. The minimum absolute atomic E-state index is 0.255. The van der Waals surface area contributed by atoms with Crippen LogP contribution in [0.5, 0.6) is 0 Å². The van der Waals surface area contributed by atoms with Gasteiger partial charge in [0.2, 0.25) is 0 Å². The molecule has 3 aromatic rings. The summed E-state index contributed by atoms with van der Waals surface area (Å²) in [5.74, 6) is 2.44. The fourth-order valence-electron chi connectivity index (χ4n) is 5.95. The molecule has 1 atom stereocenters. The third kappa shape index (κ3) is 6.24. The Labute approximate surface area is 241 Å². The SMILES string of the molecule is N=Cc1c(NC2CCN(Cc3cccnc3)CC2)nc(-c2ccc3c(c2)C(CCN)C=CN3)nc1N1CCOCC1. The second-order valence-corrected chi connectivity index (χ2v) is 10.9. The van der Waals surface area contributed by atoms with E-state index in [-0.39, 0.29) is 12.0 Å². The molecule has 1 aromatic carbocycles. The van der Waals surface area contributed by atoms with Gasteiger partial charge in [-0.05, 0) is 67.4 Å². The van der Waals surface area contributed by atoms with Crippen LogP contribution in [0.4, 0.5) is 17.3 Å². The van der Waals surface area contributed by atoms with E-state index in [0.29, 0.717) is 25.6 Å². The Hall–Kier alpha value is -3.86. The van der Waals surface area contributed by atoms with Crippen LogP contribution in [0.2, 0.25) is 0 Å². The quantitative estimate of drug-likeness (QED) is 0.292. The van der Waals surface area contributed by atoms with E-state index in [0.717, 1.165) is 80.4 Å². The third-order valence-corrected chi connectivity index (χ3v) is 8.19. The van der Waals surface area contributed by atoms with Gasteiger partial charge >= 0.3 is 0 Å². The van der Waals surface area contributed by atoms with E-state index in [1.165, 1.54) is 17.3 Å². The molecule has 0 radical (unpaired) electrons. The van der Waals surface area contributed by atoms with E-state index in [1.54, 1.807) is 0 Å². The van der Waals surface area contributed by atoms with Gasteiger partial charge in [0, 0.05) is 74.5 Å². The van der Waals surface area contributed by atoms with Crippen LogP contribution < -0.4 is 21.3 Å². The number of pyridine rings is 1. The number of nitrogens with one attached hydrogen (secondary N) is 3. The molecule has 5 heterocycles. The van der Waals surface area contributed by atoms with Crippen molar-refractivity contribution in [1.29, 1.82) is 5.41 Å². The molecule has 3 aliphatic rings. The first-order valence-electron chi connectivity index (χ1n) is 14.6. The molecule has 0 saturated carbocycles.